The average molecular weight is 442 g/mol. The average Bonchev–Trinajstić information content (AvgIpc) is 2.63. The van der Waals surface area contributed by atoms with E-state index >= 15 is 0 Å². The summed E-state index contributed by atoms with van der Waals surface area (Å²) in [4.78, 5) is 12.3. The Morgan fingerprint density at radius 2 is 1.48 bits per heavy atom. The lowest BCUT2D eigenvalue weighted by atomic mass is 9.78. The Hall–Kier alpha value is -1.94. The van der Waals surface area contributed by atoms with Crippen molar-refractivity contribution in [1.29, 1.82) is 0 Å². The van der Waals surface area contributed by atoms with E-state index in [2.05, 4.69) is 59.0 Å². The molecule has 0 spiro atoms. The van der Waals surface area contributed by atoms with E-state index in [1.807, 2.05) is 32.0 Å². The first kappa shape index (κ1) is 25.3. The Labute approximate surface area is 193 Å². The number of para-hydroxylation sites is 1. The summed E-state index contributed by atoms with van der Waals surface area (Å²) in [6.07, 6.45) is 1.94. The summed E-state index contributed by atoms with van der Waals surface area (Å²) >= 11 is 1.67. The maximum absolute atomic E-state index is 12.3. The van der Waals surface area contributed by atoms with Gasteiger partial charge in [0.25, 0.3) is 0 Å². The molecule has 0 fully saturated rings. The van der Waals surface area contributed by atoms with Crippen LogP contribution < -0.4 is 5.32 Å². The molecule has 0 unspecified atom stereocenters. The molecule has 3 nitrogen and oxygen atoms in total. The number of hydrogen-bond donors (Lipinski definition) is 2. The third-order valence-electron chi connectivity index (χ3n) is 5.52. The molecule has 0 saturated heterocycles. The molecule has 0 aromatic heterocycles. The lowest BCUT2D eigenvalue weighted by molar-refractivity contribution is -0.113. The Balaban J connectivity index is 1.94. The van der Waals surface area contributed by atoms with Crippen molar-refractivity contribution >= 4 is 23.4 Å². The molecule has 0 aliphatic carbocycles. The number of phenols is 1. The summed E-state index contributed by atoms with van der Waals surface area (Å²) in [6, 6.07) is 10.4. The lowest BCUT2D eigenvalue weighted by Gasteiger charge is -2.28. The summed E-state index contributed by atoms with van der Waals surface area (Å²) in [5.41, 5.74) is 6.17. The largest absolute Gasteiger partial charge is 0.507 e. The van der Waals surface area contributed by atoms with E-state index in [4.69, 9.17) is 0 Å². The minimum Gasteiger partial charge on any atom is -0.507 e. The van der Waals surface area contributed by atoms with Gasteiger partial charge in [0.1, 0.15) is 5.75 Å². The van der Waals surface area contributed by atoms with E-state index in [0.717, 1.165) is 46.5 Å². The fourth-order valence-corrected chi connectivity index (χ4v) is 4.46. The molecule has 0 radical (unpaired) electrons. The number of benzene rings is 2. The number of amides is 1. The van der Waals surface area contributed by atoms with Crippen LogP contribution in [0.5, 0.6) is 5.75 Å². The van der Waals surface area contributed by atoms with Crippen molar-refractivity contribution in [3.05, 3.63) is 58.1 Å². The van der Waals surface area contributed by atoms with Crippen molar-refractivity contribution in [2.45, 2.75) is 79.1 Å². The third kappa shape index (κ3) is 7.03. The lowest BCUT2D eigenvalue weighted by Crippen LogP contribution is -2.18. The van der Waals surface area contributed by atoms with Gasteiger partial charge < -0.3 is 10.4 Å². The first-order valence-electron chi connectivity index (χ1n) is 11.1. The van der Waals surface area contributed by atoms with Crippen molar-refractivity contribution in [2.75, 3.05) is 16.8 Å². The Bertz CT molecular complexity index is 865. The van der Waals surface area contributed by atoms with Crippen LogP contribution in [-0.2, 0) is 22.0 Å². The fourth-order valence-electron chi connectivity index (χ4n) is 3.71. The molecule has 2 N–H and O–H groups in total. The fraction of sp³-hybridized carbons (Fsp3) is 0.519. The van der Waals surface area contributed by atoms with Crippen LogP contribution in [0.3, 0.4) is 0 Å². The Morgan fingerprint density at radius 3 is 1.97 bits per heavy atom. The number of aromatic hydroxyl groups is 1. The van der Waals surface area contributed by atoms with Crippen LogP contribution in [0.2, 0.25) is 0 Å². The van der Waals surface area contributed by atoms with Gasteiger partial charge in [0.05, 0.1) is 5.75 Å². The molecular formula is C27H39NO2S. The zero-order chi connectivity index (χ0) is 23.4. The molecular weight excluding hydrogens is 402 g/mol. The van der Waals surface area contributed by atoms with Crippen molar-refractivity contribution in [2.24, 2.45) is 0 Å². The minimum absolute atomic E-state index is 0.0528. The number of phenolic OH excluding ortho intramolecular Hbond substituents is 1. The zero-order valence-corrected chi connectivity index (χ0v) is 21.3. The Morgan fingerprint density at radius 1 is 0.968 bits per heavy atom. The summed E-state index contributed by atoms with van der Waals surface area (Å²) < 4.78 is 0. The predicted molar refractivity (Wildman–Crippen MR) is 136 cm³/mol. The van der Waals surface area contributed by atoms with E-state index in [1.54, 1.807) is 11.8 Å². The Kier molecular flexibility index (Phi) is 8.27. The molecule has 31 heavy (non-hydrogen) atoms. The minimum atomic E-state index is -0.110. The topological polar surface area (TPSA) is 49.3 Å². The van der Waals surface area contributed by atoms with Gasteiger partial charge in [-0.3, -0.25) is 4.79 Å². The highest BCUT2D eigenvalue weighted by Gasteiger charge is 2.26. The number of nitrogens with one attached hydrogen (secondary N) is 1. The number of carbonyl (C=O) groups excluding carboxylic acids is 1. The van der Waals surface area contributed by atoms with Crippen molar-refractivity contribution in [1.82, 2.24) is 0 Å². The second-order valence-corrected chi connectivity index (χ2v) is 11.6. The van der Waals surface area contributed by atoms with Crippen molar-refractivity contribution < 1.29 is 9.90 Å². The first-order chi connectivity index (χ1) is 14.3. The van der Waals surface area contributed by atoms with E-state index in [-0.39, 0.29) is 16.7 Å². The molecule has 1 amide bonds. The molecule has 2 aromatic rings. The second kappa shape index (κ2) is 10.1. The van der Waals surface area contributed by atoms with Gasteiger partial charge in [-0.25, -0.2) is 0 Å². The summed E-state index contributed by atoms with van der Waals surface area (Å²) in [5, 5.41) is 13.9. The van der Waals surface area contributed by atoms with Gasteiger partial charge in [0, 0.05) is 5.69 Å². The number of thioether (sulfide) groups is 1. The molecule has 0 saturated carbocycles. The third-order valence-corrected chi connectivity index (χ3v) is 6.56. The second-order valence-electron chi connectivity index (χ2n) is 10.5. The highest BCUT2D eigenvalue weighted by atomic mass is 32.2. The van der Waals surface area contributed by atoms with Crippen LogP contribution in [0.1, 0.15) is 75.8 Å². The van der Waals surface area contributed by atoms with Crippen LogP contribution in [0.4, 0.5) is 5.69 Å². The summed E-state index contributed by atoms with van der Waals surface area (Å²) in [7, 11) is 0. The van der Waals surface area contributed by atoms with E-state index in [1.165, 1.54) is 5.56 Å². The van der Waals surface area contributed by atoms with Gasteiger partial charge in [0.2, 0.25) is 5.91 Å². The number of hydrogen-bond acceptors (Lipinski definition) is 3. The quantitative estimate of drug-likeness (QED) is 0.459. The van der Waals surface area contributed by atoms with Crippen LogP contribution in [0.15, 0.2) is 30.3 Å². The molecule has 0 aliphatic rings. The van der Waals surface area contributed by atoms with Crippen molar-refractivity contribution in [3.63, 3.8) is 0 Å². The maximum Gasteiger partial charge on any atom is 0.234 e. The van der Waals surface area contributed by atoms with Crippen LogP contribution in [-0.4, -0.2) is 22.5 Å². The van der Waals surface area contributed by atoms with Crippen LogP contribution >= 0.6 is 11.8 Å². The predicted octanol–water partition coefficient (Wildman–Crippen LogP) is 6.91. The molecule has 2 rings (SSSR count). The van der Waals surface area contributed by atoms with Gasteiger partial charge >= 0.3 is 0 Å². The highest BCUT2D eigenvalue weighted by molar-refractivity contribution is 7.99. The standard InChI is InChI=1S/C27H39NO2S/c1-18-11-9-12-19(2)24(18)28-23(29)17-31-14-10-13-20-15-21(26(3,4)5)25(30)22(16-20)27(6,7)8/h9,11-12,15-16,30H,10,13-14,17H2,1-8H3,(H,28,29). The monoisotopic (exact) mass is 441 g/mol. The van der Waals surface area contributed by atoms with Crippen molar-refractivity contribution in [3.8, 4) is 5.75 Å². The van der Waals surface area contributed by atoms with Crippen LogP contribution in [0, 0.1) is 13.8 Å². The van der Waals surface area contributed by atoms with E-state index in [9.17, 15) is 9.90 Å². The molecule has 0 atom stereocenters. The molecule has 0 heterocycles. The van der Waals surface area contributed by atoms with Gasteiger partial charge in [-0.15, -0.1) is 0 Å². The highest BCUT2D eigenvalue weighted by Crippen LogP contribution is 2.40. The molecule has 170 valence electrons. The van der Waals surface area contributed by atoms with E-state index in [0.29, 0.717) is 11.5 Å². The smallest absolute Gasteiger partial charge is 0.234 e. The number of rotatable bonds is 7. The normalized spacial score (nSPS) is 12.1. The maximum atomic E-state index is 12.3. The molecule has 4 heteroatoms. The zero-order valence-electron chi connectivity index (χ0n) is 20.5. The SMILES string of the molecule is Cc1cccc(C)c1NC(=O)CSCCCc1cc(C(C)(C)C)c(O)c(C(C)(C)C)c1. The van der Waals surface area contributed by atoms with Gasteiger partial charge in [-0.1, -0.05) is 71.9 Å². The van der Waals surface area contributed by atoms with Gasteiger partial charge in [-0.05, 0) is 71.1 Å². The number of aryl methyl sites for hydroxylation is 3. The first-order valence-corrected chi connectivity index (χ1v) is 12.3. The summed E-state index contributed by atoms with van der Waals surface area (Å²) in [6.45, 7) is 16.9. The molecule has 2 aromatic carbocycles. The van der Waals surface area contributed by atoms with Gasteiger partial charge in [-0.2, -0.15) is 11.8 Å². The van der Waals surface area contributed by atoms with Crippen LogP contribution in [0.25, 0.3) is 0 Å². The number of carbonyl (C=O) groups is 1. The number of anilines is 1. The molecule has 0 aliphatic heterocycles. The van der Waals surface area contributed by atoms with E-state index < -0.39 is 0 Å². The van der Waals surface area contributed by atoms with Gasteiger partial charge in [0.15, 0.2) is 0 Å². The molecule has 0 bridgehead atoms. The summed E-state index contributed by atoms with van der Waals surface area (Å²) in [5.74, 6) is 1.87.